The first-order valence-electron chi connectivity index (χ1n) is 7.34. The maximum Gasteiger partial charge on any atom is 0.142 e. The summed E-state index contributed by atoms with van der Waals surface area (Å²) < 4.78 is 0. The first kappa shape index (κ1) is 17.6. The molecule has 0 atom stereocenters. The lowest BCUT2D eigenvalue weighted by molar-refractivity contribution is 1.26. The van der Waals surface area contributed by atoms with E-state index in [0.717, 1.165) is 11.1 Å². The average Bonchev–Trinajstić information content (AvgIpc) is 2.57. The van der Waals surface area contributed by atoms with Crippen molar-refractivity contribution in [2.75, 3.05) is 5.73 Å². The zero-order chi connectivity index (χ0) is 18.1. The van der Waals surface area contributed by atoms with Crippen LogP contribution in [0.1, 0.15) is 11.1 Å². The summed E-state index contributed by atoms with van der Waals surface area (Å²) in [5, 5.41) is 11.1. The van der Waals surface area contributed by atoms with E-state index in [9.17, 15) is 5.26 Å². The number of nitrogen functional groups attached to an aromatic ring is 1. The molecule has 0 aliphatic rings. The first-order valence-corrected chi connectivity index (χ1v) is 8.47. The number of rotatable bonds is 2. The fraction of sp³-hybridized carbons (Fsp3) is 0.0526. The maximum absolute atomic E-state index is 9.58. The summed E-state index contributed by atoms with van der Waals surface area (Å²) in [6.45, 7) is 1.88. The van der Waals surface area contributed by atoms with Gasteiger partial charge in [0.05, 0.1) is 5.69 Å². The van der Waals surface area contributed by atoms with Gasteiger partial charge >= 0.3 is 0 Å². The average molecular weight is 389 g/mol. The predicted octanol–water partition coefficient (Wildman–Crippen LogP) is 6.14. The highest BCUT2D eigenvalue weighted by Crippen LogP contribution is 2.39. The van der Waals surface area contributed by atoms with E-state index in [-0.39, 0.29) is 11.4 Å². The highest BCUT2D eigenvalue weighted by Gasteiger charge is 2.20. The standard InChI is InChI=1S/C19H12Cl3N3/c1-10-17(14-6-5-13(21)8-16(14)22)15(9-23)19(24)25-18(10)11-3-2-4-12(20)7-11/h2-8H,1H3,(H2,24,25). The molecule has 0 saturated carbocycles. The van der Waals surface area contributed by atoms with E-state index in [4.69, 9.17) is 40.5 Å². The van der Waals surface area contributed by atoms with Crippen LogP contribution in [0.3, 0.4) is 0 Å². The van der Waals surface area contributed by atoms with Crippen molar-refractivity contribution < 1.29 is 0 Å². The zero-order valence-electron chi connectivity index (χ0n) is 13.1. The Kier molecular flexibility index (Phi) is 4.87. The molecule has 2 aromatic carbocycles. The van der Waals surface area contributed by atoms with E-state index >= 15 is 0 Å². The van der Waals surface area contributed by atoms with Crippen molar-refractivity contribution in [1.29, 1.82) is 5.26 Å². The Labute approximate surface area is 160 Å². The van der Waals surface area contributed by atoms with Gasteiger partial charge in [0.25, 0.3) is 0 Å². The molecule has 0 aliphatic carbocycles. The van der Waals surface area contributed by atoms with Crippen molar-refractivity contribution in [2.45, 2.75) is 6.92 Å². The van der Waals surface area contributed by atoms with Crippen molar-refractivity contribution in [3.8, 4) is 28.5 Å². The van der Waals surface area contributed by atoms with Crippen molar-refractivity contribution in [1.82, 2.24) is 4.98 Å². The molecule has 3 nitrogen and oxygen atoms in total. The number of anilines is 1. The molecular formula is C19H12Cl3N3. The molecule has 0 bridgehead atoms. The predicted molar refractivity (Wildman–Crippen MR) is 104 cm³/mol. The Morgan fingerprint density at radius 2 is 1.76 bits per heavy atom. The number of nitrogens with zero attached hydrogens (tertiary/aromatic N) is 2. The van der Waals surface area contributed by atoms with E-state index in [1.165, 1.54) is 0 Å². The van der Waals surface area contributed by atoms with Gasteiger partial charge in [-0.3, -0.25) is 0 Å². The first-order chi connectivity index (χ1) is 11.9. The van der Waals surface area contributed by atoms with E-state index in [1.54, 1.807) is 30.3 Å². The van der Waals surface area contributed by atoms with Crippen molar-refractivity contribution >= 4 is 40.6 Å². The quantitative estimate of drug-likeness (QED) is 0.573. The Morgan fingerprint density at radius 1 is 1.04 bits per heavy atom. The molecule has 0 saturated heterocycles. The van der Waals surface area contributed by atoms with E-state index in [2.05, 4.69) is 11.1 Å². The molecular weight excluding hydrogens is 377 g/mol. The zero-order valence-corrected chi connectivity index (χ0v) is 15.4. The fourth-order valence-corrected chi connectivity index (χ4v) is 3.45. The summed E-state index contributed by atoms with van der Waals surface area (Å²) in [7, 11) is 0. The van der Waals surface area contributed by atoms with Crippen LogP contribution < -0.4 is 5.73 Å². The number of hydrogen-bond acceptors (Lipinski definition) is 3. The van der Waals surface area contributed by atoms with Gasteiger partial charge in [-0.2, -0.15) is 5.26 Å². The minimum Gasteiger partial charge on any atom is -0.383 e. The van der Waals surface area contributed by atoms with Crippen LogP contribution in [-0.2, 0) is 0 Å². The largest absolute Gasteiger partial charge is 0.383 e. The van der Waals surface area contributed by atoms with E-state index in [1.807, 2.05) is 19.1 Å². The van der Waals surface area contributed by atoms with Crippen molar-refractivity contribution in [2.24, 2.45) is 0 Å². The topological polar surface area (TPSA) is 62.7 Å². The number of halogens is 3. The number of hydrogen-bond donors (Lipinski definition) is 1. The van der Waals surface area contributed by atoms with Gasteiger partial charge < -0.3 is 5.73 Å². The van der Waals surface area contributed by atoms with Gasteiger partial charge in [0.2, 0.25) is 0 Å². The van der Waals surface area contributed by atoms with Crippen LogP contribution in [0.25, 0.3) is 22.4 Å². The van der Waals surface area contributed by atoms with Gasteiger partial charge in [-0.05, 0) is 36.8 Å². The Morgan fingerprint density at radius 3 is 2.40 bits per heavy atom. The maximum atomic E-state index is 9.58. The van der Waals surface area contributed by atoms with E-state index in [0.29, 0.717) is 31.9 Å². The van der Waals surface area contributed by atoms with Crippen LogP contribution >= 0.6 is 34.8 Å². The minimum atomic E-state index is 0.143. The van der Waals surface area contributed by atoms with Gasteiger partial charge in [-0.15, -0.1) is 0 Å². The van der Waals surface area contributed by atoms with Crippen LogP contribution in [0.2, 0.25) is 15.1 Å². The normalized spacial score (nSPS) is 10.5. The number of nitriles is 1. The second-order valence-corrected chi connectivity index (χ2v) is 6.75. The molecule has 124 valence electrons. The molecule has 25 heavy (non-hydrogen) atoms. The third kappa shape index (κ3) is 3.29. The molecule has 0 spiro atoms. The number of pyridine rings is 1. The second-order valence-electron chi connectivity index (χ2n) is 5.47. The number of aromatic nitrogens is 1. The molecule has 3 rings (SSSR count). The van der Waals surface area contributed by atoms with Gasteiger partial charge in [-0.1, -0.05) is 53.0 Å². The second kappa shape index (κ2) is 6.93. The number of nitrogens with two attached hydrogens (primary N) is 1. The molecule has 3 aromatic rings. The molecule has 0 fully saturated rings. The van der Waals surface area contributed by atoms with E-state index < -0.39 is 0 Å². The monoisotopic (exact) mass is 387 g/mol. The fourth-order valence-electron chi connectivity index (χ4n) is 2.75. The highest BCUT2D eigenvalue weighted by atomic mass is 35.5. The molecule has 0 amide bonds. The SMILES string of the molecule is Cc1c(-c2cccc(Cl)c2)nc(N)c(C#N)c1-c1ccc(Cl)cc1Cl. The third-order valence-corrected chi connectivity index (χ3v) is 4.66. The molecule has 1 aromatic heterocycles. The minimum absolute atomic E-state index is 0.143. The van der Waals surface area contributed by atoms with Crippen LogP contribution in [0.15, 0.2) is 42.5 Å². The summed E-state index contributed by atoms with van der Waals surface area (Å²) in [6.07, 6.45) is 0. The summed E-state index contributed by atoms with van der Waals surface area (Å²) in [5.41, 5.74) is 9.92. The molecule has 1 heterocycles. The summed E-state index contributed by atoms with van der Waals surface area (Å²) >= 11 is 18.5. The van der Waals surface area contributed by atoms with Crippen LogP contribution in [0, 0.1) is 18.3 Å². The molecule has 0 aliphatic heterocycles. The molecule has 6 heteroatoms. The van der Waals surface area contributed by atoms with Crippen LogP contribution in [0.5, 0.6) is 0 Å². The highest BCUT2D eigenvalue weighted by molar-refractivity contribution is 6.36. The van der Waals surface area contributed by atoms with Gasteiger partial charge in [0.1, 0.15) is 17.5 Å². The Balaban J connectivity index is 2.36. The smallest absolute Gasteiger partial charge is 0.142 e. The van der Waals surface area contributed by atoms with Gasteiger partial charge in [0.15, 0.2) is 0 Å². The summed E-state index contributed by atoms with van der Waals surface area (Å²) in [6, 6.07) is 14.6. The summed E-state index contributed by atoms with van der Waals surface area (Å²) in [4.78, 5) is 4.42. The van der Waals surface area contributed by atoms with Gasteiger partial charge in [0, 0.05) is 31.8 Å². The lowest BCUT2D eigenvalue weighted by atomic mass is 9.93. The van der Waals surface area contributed by atoms with Gasteiger partial charge in [-0.25, -0.2) is 4.98 Å². The van der Waals surface area contributed by atoms with Crippen molar-refractivity contribution in [3.05, 3.63) is 68.7 Å². The Hall–Kier alpha value is -2.25. The molecule has 2 N–H and O–H groups in total. The van der Waals surface area contributed by atoms with Crippen molar-refractivity contribution in [3.63, 3.8) is 0 Å². The summed E-state index contributed by atoms with van der Waals surface area (Å²) in [5.74, 6) is 0.143. The van der Waals surface area contributed by atoms with Crippen LogP contribution in [0.4, 0.5) is 5.82 Å². The third-order valence-electron chi connectivity index (χ3n) is 3.88. The molecule has 0 radical (unpaired) electrons. The lowest BCUT2D eigenvalue weighted by Crippen LogP contribution is -2.03. The van der Waals surface area contributed by atoms with Crippen LogP contribution in [-0.4, -0.2) is 4.98 Å². The Bertz CT molecular complexity index is 1020. The number of benzene rings is 2. The molecule has 0 unspecified atom stereocenters. The lowest BCUT2D eigenvalue weighted by Gasteiger charge is -2.16.